The van der Waals surface area contributed by atoms with Crippen molar-refractivity contribution in [3.8, 4) is 5.75 Å². The second-order valence-electron chi connectivity index (χ2n) is 5.58. The fourth-order valence-corrected chi connectivity index (χ4v) is 3.56. The van der Waals surface area contributed by atoms with Crippen LogP contribution < -0.4 is 15.6 Å². The van der Waals surface area contributed by atoms with E-state index in [9.17, 15) is 14.0 Å². The van der Waals surface area contributed by atoms with Gasteiger partial charge in [0.2, 0.25) is 0 Å². The minimum absolute atomic E-state index is 0.177. The van der Waals surface area contributed by atoms with Crippen LogP contribution >= 0.6 is 11.3 Å². The molecule has 0 aliphatic rings. The van der Waals surface area contributed by atoms with Crippen LogP contribution in [0.4, 0.5) is 4.39 Å². The minimum atomic E-state index is -0.327. The molecule has 130 valence electrons. The zero-order valence-electron chi connectivity index (χ0n) is 13.8. The monoisotopic (exact) mass is 360 g/mol. The van der Waals surface area contributed by atoms with Crippen LogP contribution in [0.5, 0.6) is 5.75 Å². The van der Waals surface area contributed by atoms with Gasteiger partial charge in [0.25, 0.3) is 11.5 Å². The Morgan fingerprint density at radius 2 is 2.08 bits per heavy atom. The van der Waals surface area contributed by atoms with E-state index in [0.29, 0.717) is 29.1 Å². The first-order valence-corrected chi connectivity index (χ1v) is 8.52. The molecule has 0 aliphatic heterocycles. The lowest BCUT2D eigenvalue weighted by Crippen LogP contribution is -2.31. The Kier molecular flexibility index (Phi) is 4.85. The zero-order valence-corrected chi connectivity index (χ0v) is 14.7. The molecule has 0 atom stereocenters. The molecule has 7 heteroatoms. The number of methoxy groups -OCH3 is 1. The fraction of sp³-hybridized carbons (Fsp3) is 0.222. The average molecular weight is 360 g/mol. The number of ether oxygens (including phenoxy) is 1. The Labute approximate surface area is 147 Å². The molecule has 1 aromatic carbocycles. The third-order valence-corrected chi connectivity index (χ3v) is 4.98. The van der Waals surface area contributed by atoms with Gasteiger partial charge in [-0.05, 0) is 42.6 Å². The number of aryl methyl sites for hydroxylation is 1. The van der Waals surface area contributed by atoms with Crippen LogP contribution in [0.25, 0.3) is 10.1 Å². The lowest BCUT2D eigenvalue weighted by Gasteiger charge is -2.11. The summed E-state index contributed by atoms with van der Waals surface area (Å²) >= 11 is 1.31. The van der Waals surface area contributed by atoms with Crippen LogP contribution in [0.1, 0.15) is 15.4 Å². The number of carbonyl (C=O) groups is 1. The number of rotatable bonds is 5. The van der Waals surface area contributed by atoms with E-state index in [4.69, 9.17) is 4.74 Å². The van der Waals surface area contributed by atoms with Crippen molar-refractivity contribution >= 4 is 27.3 Å². The van der Waals surface area contributed by atoms with Crippen molar-refractivity contribution in [3.05, 3.63) is 63.1 Å². The van der Waals surface area contributed by atoms with E-state index in [2.05, 4.69) is 5.32 Å². The van der Waals surface area contributed by atoms with Crippen molar-refractivity contribution < 1.29 is 13.9 Å². The molecular weight excluding hydrogens is 343 g/mol. The van der Waals surface area contributed by atoms with E-state index in [1.54, 1.807) is 22.8 Å². The van der Waals surface area contributed by atoms with Gasteiger partial charge in [-0.25, -0.2) is 4.39 Å². The molecule has 0 radical (unpaired) electrons. The highest BCUT2D eigenvalue weighted by molar-refractivity contribution is 7.20. The predicted octanol–water partition coefficient (Wildman–Crippen LogP) is 2.95. The molecule has 0 spiro atoms. The highest BCUT2D eigenvalue weighted by atomic mass is 32.1. The summed E-state index contributed by atoms with van der Waals surface area (Å²) in [6.45, 7) is 2.49. The number of fused-ring (bicyclic) bond motifs is 1. The van der Waals surface area contributed by atoms with E-state index in [-0.39, 0.29) is 17.3 Å². The van der Waals surface area contributed by atoms with Gasteiger partial charge in [0.15, 0.2) is 0 Å². The molecule has 0 fully saturated rings. The Morgan fingerprint density at radius 1 is 1.28 bits per heavy atom. The van der Waals surface area contributed by atoms with Gasteiger partial charge in [0.05, 0.1) is 12.0 Å². The molecule has 0 bridgehead atoms. The number of benzene rings is 1. The molecule has 0 saturated heterocycles. The molecule has 3 rings (SSSR count). The number of thiophene rings is 1. The SMILES string of the molecule is COc1cc(C)n(CCNC(=O)c2cc3cc(F)ccc3s2)c(=O)c1. The molecule has 1 N–H and O–H groups in total. The number of nitrogens with one attached hydrogen (secondary N) is 1. The first-order valence-electron chi connectivity index (χ1n) is 7.70. The average Bonchev–Trinajstić information content (AvgIpc) is 3.00. The van der Waals surface area contributed by atoms with Gasteiger partial charge in [0, 0.05) is 29.5 Å². The van der Waals surface area contributed by atoms with Crippen molar-refractivity contribution in [2.24, 2.45) is 0 Å². The number of hydrogen-bond donors (Lipinski definition) is 1. The summed E-state index contributed by atoms with van der Waals surface area (Å²) in [7, 11) is 1.51. The third-order valence-electron chi connectivity index (χ3n) is 3.87. The summed E-state index contributed by atoms with van der Waals surface area (Å²) in [5.41, 5.74) is 0.583. The Balaban J connectivity index is 1.67. The van der Waals surface area contributed by atoms with Gasteiger partial charge in [-0.15, -0.1) is 11.3 Å². The molecule has 25 heavy (non-hydrogen) atoms. The van der Waals surface area contributed by atoms with E-state index >= 15 is 0 Å². The molecule has 5 nitrogen and oxygen atoms in total. The van der Waals surface area contributed by atoms with E-state index in [0.717, 1.165) is 10.4 Å². The van der Waals surface area contributed by atoms with Crippen molar-refractivity contribution in [1.29, 1.82) is 0 Å². The second-order valence-corrected chi connectivity index (χ2v) is 6.66. The van der Waals surface area contributed by atoms with Crippen molar-refractivity contribution in [2.45, 2.75) is 13.5 Å². The fourth-order valence-electron chi connectivity index (χ4n) is 2.60. The number of pyridine rings is 1. The van der Waals surface area contributed by atoms with Gasteiger partial charge in [-0.3, -0.25) is 9.59 Å². The van der Waals surface area contributed by atoms with Crippen LogP contribution in [0.2, 0.25) is 0 Å². The van der Waals surface area contributed by atoms with Crippen LogP contribution in [0.3, 0.4) is 0 Å². The van der Waals surface area contributed by atoms with Crippen LogP contribution in [-0.2, 0) is 6.54 Å². The lowest BCUT2D eigenvalue weighted by molar-refractivity contribution is 0.0956. The number of nitrogens with zero attached hydrogens (tertiary/aromatic N) is 1. The van der Waals surface area contributed by atoms with Gasteiger partial charge < -0.3 is 14.6 Å². The summed E-state index contributed by atoms with van der Waals surface area (Å²) < 4.78 is 20.7. The van der Waals surface area contributed by atoms with Crippen LogP contribution in [0, 0.1) is 12.7 Å². The molecule has 2 heterocycles. The smallest absolute Gasteiger partial charge is 0.261 e. The van der Waals surface area contributed by atoms with E-state index in [1.807, 2.05) is 6.92 Å². The maximum Gasteiger partial charge on any atom is 0.261 e. The molecule has 3 aromatic rings. The van der Waals surface area contributed by atoms with Gasteiger partial charge in [0.1, 0.15) is 11.6 Å². The quantitative estimate of drug-likeness (QED) is 0.761. The first-order chi connectivity index (χ1) is 12.0. The normalized spacial score (nSPS) is 10.8. The number of aromatic nitrogens is 1. The third kappa shape index (κ3) is 3.71. The summed E-state index contributed by atoms with van der Waals surface area (Å²) in [4.78, 5) is 24.8. The van der Waals surface area contributed by atoms with Crippen molar-refractivity contribution in [2.75, 3.05) is 13.7 Å². The number of halogens is 1. The highest BCUT2D eigenvalue weighted by Gasteiger charge is 2.11. The van der Waals surface area contributed by atoms with Crippen molar-refractivity contribution in [3.63, 3.8) is 0 Å². The topological polar surface area (TPSA) is 60.3 Å². The maximum atomic E-state index is 13.2. The Morgan fingerprint density at radius 3 is 2.80 bits per heavy atom. The summed E-state index contributed by atoms with van der Waals surface area (Å²) in [5.74, 6) is -0.0484. The van der Waals surface area contributed by atoms with Crippen LogP contribution in [0.15, 0.2) is 41.2 Å². The van der Waals surface area contributed by atoms with Gasteiger partial charge >= 0.3 is 0 Å². The summed E-state index contributed by atoms with van der Waals surface area (Å²) in [6.07, 6.45) is 0. The predicted molar refractivity (Wildman–Crippen MR) is 96.1 cm³/mol. The minimum Gasteiger partial charge on any atom is -0.496 e. The molecule has 0 aliphatic carbocycles. The molecule has 1 amide bonds. The standard InChI is InChI=1S/C18H17FN2O3S/c1-11-7-14(24-2)10-17(22)21(11)6-5-20-18(23)16-9-12-8-13(19)3-4-15(12)25-16/h3-4,7-10H,5-6H2,1-2H3,(H,20,23). The molecule has 0 unspecified atom stereocenters. The lowest BCUT2D eigenvalue weighted by atomic mass is 10.2. The van der Waals surface area contributed by atoms with Crippen molar-refractivity contribution in [1.82, 2.24) is 9.88 Å². The largest absolute Gasteiger partial charge is 0.496 e. The van der Waals surface area contributed by atoms with Gasteiger partial charge in [-0.1, -0.05) is 0 Å². The van der Waals surface area contributed by atoms with E-state index in [1.165, 1.54) is 36.6 Å². The first kappa shape index (κ1) is 17.2. The molecule has 2 aromatic heterocycles. The number of hydrogen-bond acceptors (Lipinski definition) is 4. The summed E-state index contributed by atoms with van der Waals surface area (Å²) in [6, 6.07) is 9.29. The van der Waals surface area contributed by atoms with Crippen LogP contribution in [-0.4, -0.2) is 24.1 Å². The number of amides is 1. The highest BCUT2D eigenvalue weighted by Crippen LogP contribution is 2.26. The Bertz CT molecular complexity index is 994. The molecule has 0 saturated carbocycles. The second kappa shape index (κ2) is 7.06. The summed E-state index contributed by atoms with van der Waals surface area (Å²) in [5, 5.41) is 3.50. The zero-order chi connectivity index (χ0) is 18.0. The Hall–Kier alpha value is -2.67. The maximum absolute atomic E-state index is 13.2. The molecular formula is C18H17FN2O3S. The number of carbonyl (C=O) groups excluding carboxylic acids is 1. The van der Waals surface area contributed by atoms with E-state index < -0.39 is 0 Å². The van der Waals surface area contributed by atoms with Gasteiger partial charge in [-0.2, -0.15) is 0 Å².